The van der Waals surface area contributed by atoms with Gasteiger partial charge in [0, 0.05) is 11.4 Å². The van der Waals surface area contributed by atoms with E-state index in [-0.39, 0.29) is 6.03 Å². The molecule has 1 aliphatic rings. The highest BCUT2D eigenvalue weighted by Gasteiger charge is 2.27. The summed E-state index contributed by atoms with van der Waals surface area (Å²) in [6, 6.07) is 6.86. The van der Waals surface area contributed by atoms with E-state index in [0.717, 1.165) is 5.69 Å². The molecule has 1 unspecified atom stereocenters. The van der Waals surface area contributed by atoms with Crippen LogP contribution in [0.25, 0.3) is 0 Å². The second kappa shape index (κ2) is 4.26. The molecule has 1 aromatic rings. The van der Waals surface area contributed by atoms with Crippen LogP contribution in [0.5, 0.6) is 0 Å². The molecule has 0 saturated carbocycles. The highest BCUT2D eigenvalue weighted by molar-refractivity contribution is 5.79. The van der Waals surface area contributed by atoms with Gasteiger partial charge in [-0.15, -0.1) is 0 Å². The minimum Gasteiger partial charge on any atom is -0.325 e. The van der Waals surface area contributed by atoms with Gasteiger partial charge in [0.25, 0.3) is 0 Å². The van der Waals surface area contributed by atoms with Crippen LogP contribution in [0.1, 0.15) is 24.4 Å². The molecule has 0 spiro atoms. The number of aromatic nitrogens is 1. The molecule has 1 aliphatic heterocycles. The Morgan fingerprint density at radius 3 is 2.82 bits per heavy atom. The second-order valence-corrected chi connectivity index (χ2v) is 3.89. The van der Waals surface area contributed by atoms with Crippen molar-refractivity contribution in [1.29, 1.82) is 5.26 Å². The molecule has 86 valence electrons. The number of rotatable bonds is 1. The molecule has 2 rings (SSSR count). The molecule has 0 radical (unpaired) electrons. The summed E-state index contributed by atoms with van der Waals surface area (Å²) in [7, 11) is 0. The molecule has 1 atom stereocenters. The average molecular weight is 228 g/mol. The van der Waals surface area contributed by atoms with Gasteiger partial charge in [0.05, 0.1) is 17.3 Å². The van der Waals surface area contributed by atoms with E-state index >= 15 is 0 Å². The number of hydrogen-bond acceptors (Lipinski definition) is 3. The first-order valence-corrected chi connectivity index (χ1v) is 5.23. The average Bonchev–Trinajstić information content (AvgIpc) is 2.28. The van der Waals surface area contributed by atoms with Gasteiger partial charge < -0.3 is 10.6 Å². The summed E-state index contributed by atoms with van der Waals surface area (Å²) in [5.41, 5.74) is 2.59. The first-order chi connectivity index (χ1) is 8.11. The van der Waals surface area contributed by atoms with Crippen molar-refractivity contribution >= 4 is 6.03 Å². The highest BCUT2D eigenvalue weighted by Crippen LogP contribution is 2.24. The van der Waals surface area contributed by atoms with Crippen molar-refractivity contribution in [2.45, 2.75) is 19.9 Å². The van der Waals surface area contributed by atoms with Crippen LogP contribution in [0.4, 0.5) is 4.79 Å². The number of carbonyl (C=O) groups is 1. The molecule has 2 N–H and O–H groups in total. The number of nitriles is 1. The highest BCUT2D eigenvalue weighted by atomic mass is 16.2. The fourth-order valence-electron chi connectivity index (χ4n) is 1.79. The van der Waals surface area contributed by atoms with Gasteiger partial charge >= 0.3 is 6.03 Å². The fourth-order valence-corrected chi connectivity index (χ4v) is 1.79. The first-order valence-electron chi connectivity index (χ1n) is 5.23. The predicted molar refractivity (Wildman–Crippen MR) is 61.7 cm³/mol. The summed E-state index contributed by atoms with van der Waals surface area (Å²) in [5.74, 6) is 0. The van der Waals surface area contributed by atoms with Crippen molar-refractivity contribution in [1.82, 2.24) is 15.6 Å². The minimum atomic E-state index is -0.464. The quantitative estimate of drug-likeness (QED) is 0.765. The predicted octanol–water partition coefficient (Wildman–Crippen LogP) is 1.54. The van der Waals surface area contributed by atoms with Crippen LogP contribution in [0, 0.1) is 18.3 Å². The smallest absolute Gasteiger partial charge is 0.319 e. The summed E-state index contributed by atoms with van der Waals surface area (Å²) in [6.07, 6.45) is 0. The van der Waals surface area contributed by atoms with E-state index in [1.54, 1.807) is 13.0 Å². The molecule has 0 saturated heterocycles. The van der Waals surface area contributed by atoms with Gasteiger partial charge in [-0.25, -0.2) is 4.79 Å². The van der Waals surface area contributed by atoms with Crippen LogP contribution in [-0.4, -0.2) is 11.0 Å². The molecular formula is C12H12N4O. The van der Waals surface area contributed by atoms with E-state index in [1.165, 1.54) is 0 Å². The SMILES string of the molecule is CC1=C(C#N)C(c2cccc(C)n2)NC(=O)N1. The minimum absolute atomic E-state index is 0.310. The maximum atomic E-state index is 11.4. The molecule has 2 amide bonds. The van der Waals surface area contributed by atoms with Crippen LogP contribution in [0.15, 0.2) is 29.5 Å². The van der Waals surface area contributed by atoms with Gasteiger partial charge in [0.15, 0.2) is 0 Å². The normalized spacial score (nSPS) is 19.4. The van der Waals surface area contributed by atoms with E-state index in [0.29, 0.717) is 17.0 Å². The molecule has 17 heavy (non-hydrogen) atoms. The van der Waals surface area contributed by atoms with Crippen molar-refractivity contribution in [3.63, 3.8) is 0 Å². The monoisotopic (exact) mass is 228 g/mol. The first kappa shape index (κ1) is 11.1. The Balaban J connectivity index is 2.47. The zero-order chi connectivity index (χ0) is 12.4. The lowest BCUT2D eigenvalue weighted by molar-refractivity contribution is 0.238. The van der Waals surface area contributed by atoms with E-state index in [4.69, 9.17) is 5.26 Å². The van der Waals surface area contributed by atoms with E-state index in [1.807, 2.05) is 19.1 Å². The Kier molecular flexibility index (Phi) is 2.79. The molecule has 5 heteroatoms. The lowest BCUT2D eigenvalue weighted by Crippen LogP contribution is -2.43. The Hall–Kier alpha value is -2.35. The summed E-state index contributed by atoms with van der Waals surface area (Å²) < 4.78 is 0. The molecule has 0 aromatic carbocycles. The van der Waals surface area contributed by atoms with Gasteiger partial charge in [0.2, 0.25) is 0 Å². The molecular weight excluding hydrogens is 216 g/mol. The Labute approximate surface area is 99.2 Å². The standard InChI is InChI=1S/C12H12N4O/c1-7-4-3-5-10(14-7)11-9(6-13)8(2)15-12(17)16-11/h3-5,11H,1-2H3,(H2,15,16,17). The number of nitrogens with zero attached hydrogens (tertiary/aromatic N) is 2. The van der Waals surface area contributed by atoms with Crippen LogP contribution >= 0.6 is 0 Å². The molecule has 2 heterocycles. The van der Waals surface area contributed by atoms with Gasteiger partial charge in [0.1, 0.15) is 6.04 Å². The number of allylic oxidation sites excluding steroid dienone is 1. The van der Waals surface area contributed by atoms with E-state index in [9.17, 15) is 4.79 Å². The largest absolute Gasteiger partial charge is 0.325 e. The zero-order valence-electron chi connectivity index (χ0n) is 9.61. The number of aryl methyl sites for hydroxylation is 1. The number of hydrogen-bond donors (Lipinski definition) is 2. The van der Waals surface area contributed by atoms with Crippen molar-refractivity contribution in [3.05, 3.63) is 40.9 Å². The Morgan fingerprint density at radius 1 is 1.41 bits per heavy atom. The number of urea groups is 1. The maximum Gasteiger partial charge on any atom is 0.319 e. The number of pyridine rings is 1. The topological polar surface area (TPSA) is 77.8 Å². The van der Waals surface area contributed by atoms with Crippen molar-refractivity contribution < 1.29 is 4.79 Å². The fraction of sp³-hybridized carbons (Fsp3) is 0.250. The van der Waals surface area contributed by atoms with Crippen molar-refractivity contribution in [2.75, 3.05) is 0 Å². The lowest BCUT2D eigenvalue weighted by Gasteiger charge is -2.25. The Bertz CT molecular complexity index is 542. The molecule has 0 fully saturated rings. The summed E-state index contributed by atoms with van der Waals surface area (Å²) in [6.45, 7) is 3.58. The third kappa shape index (κ3) is 2.11. The Morgan fingerprint density at radius 2 is 2.18 bits per heavy atom. The van der Waals surface area contributed by atoms with Crippen LogP contribution in [0.2, 0.25) is 0 Å². The van der Waals surface area contributed by atoms with Crippen LogP contribution in [0.3, 0.4) is 0 Å². The molecule has 1 aromatic heterocycles. The van der Waals surface area contributed by atoms with Crippen molar-refractivity contribution in [3.8, 4) is 6.07 Å². The molecule has 0 bridgehead atoms. The van der Waals surface area contributed by atoms with Gasteiger partial charge in [-0.1, -0.05) is 6.07 Å². The third-order valence-electron chi connectivity index (χ3n) is 2.60. The summed E-state index contributed by atoms with van der Waals surface area (Å²) in [4.78, 5) is 15.7. The van der Waals surface area contributed by atoms with E-state index in [2.05, 4.69) is 21.7 Å². The van der Waals surface area contributed by atoms with E-state index < -0.39 is 6.04 Å². The van der Waals surface area contributed by atoms with Crippen molar-refractivity contribution in [2.24, 2.45) is 0 Å². The number of nitrogens with one attached hydrogen (secondary N) is 2. The van der Waals surface area contributed by atoms with Gasteiger partial charge in [-0.05, 0) is 26.0 Å². The second-order valence-electron chi connectivity index (χ2n) is 3.89. The lowest BCUT2D eigenvalue weighted by atomic mass is 10.0. The van der Waals surface area contributed by atoms with Gasteiger partial charge in [-0.2, -0.15) is 5.26 Å². The van der Waals surface area contributed by atoms with Gasteiger partial charge in [-0.3, -0.25) is 4.98 Å². The number of carbonyl (C=O) groups excluding carboxylic acids is 1. The molecule has 0 aliphatic carbocycles. The summed E-state index contributed by atoms with van der Waals surface area (Å²) >= 11 is 0. The summed E-state index contributed by atoms with van der Waals surface area (Å²) in [5, 5.41) is 14.4. The van der Waals surface area contributed by atoms with Crippen LogP contribution < -0.4 is 10.6 Å². The maximum absolute atomic E-state index is 11.4. The molecule has 5 nitrogen and oxygen atoms in total. The number of amides is 2. The zero-order valence-corrected chi connectivity index (χ0v) is 9.61. The van der Waals surface area contributed by atoms with Crippen LogP contribution in [-0.2, 0) is 0 Å². The third-order valence-corrected chi connectivity index (χ3v) is 2.60.